The summed E-state index contributed by atoms with van der Waals surface area (Å²) >= 11 is 0. The van der Waals surface area contributed by atoms with Crippen LogP contribution in [0, 0.1) is 0 Å². The van der Waals surface area contributed by atoms with Crippen LogP contribution in [0.25, 0.3) is 0 Å². The Hall–Kier alpha value is -1.72. The van der Waals surface area contributed by atoms with Crippen LogP contribution in [0.4, 0.5) is 0 Å². The molecule has 2 aliphatic rings. The zero-order valence-corrected chi connectivity index (χ0v) is 14.4. The molecule has 2 aromatic rings. The Balaban J connectivity index is 1.40. The minimum atomic E-state index is 0.938. The van der Waals surface area contributed by atoms with Crippen LogP contribution in [-0.4, -0.2) is 50.5 Å². The van der Waals surface area contributed by atoms with E-state index in [0.717, 1.165) is 44.8 Å². The summed E-state index contributed by atoms with van der Waals surface area (Å²) in [6, 6.07) is 6.17. The fourth-order valence-electron chi connectivity index (χ4n) is 3.89. The highest BCUT2D eigenvalue weighted by molar-refractivity contribution is 5.09. The lowest BCUT2D eigenvalue weighted by atomic mass is 10.1. The number of hydrogen-bond acceptors (Lipinski definition) is 4. The predicted octanol–water partition coefficient (Wildman–Crippen LogP) is 2.32. The minimum Gasteiger partial charge on any atom is -0.329 e. The molecule has 2 aromatic heterocycles. The normalized spacial score (nSPS) is 19.8. The molecule has 5 heteroatoms. The van der Waals surface area contributed by atoms with Crippen molar-refractivity contribution in [2.45, 2.75) is 45.3 Å². The lowest BCUT2D eigenvalue weighted by Gasteiger charge is -2.26. The maximum atomic E-state index is 4.72. The lowest BCUT2D eigenvalue weighted by Crippen LogP contribution is -2.30. The molecule has 4 rings (SSSR count). The molecule has 2 aliphatic heterocycles. The molecule has 0 radical (unpaired) electrons. The molecule has 1 saturated heterocycles. The number of fused-ring (bicyclic) bond motifs is 1. The molecule has 0 atom stereocenters. The number of aromatic nitrogens is 3. The first kappa shape index (κ1) is 15.8. The number of likely N-dealkylation sites (tertiary alicyclic amines) is 1. The first-order valence-electron chi connectivity index (χ1n) is 9.26. The van der Waals surface area contributed by atoms with E-state index in [9.17, 15) is 0 Å². The Morgan fingerprint density at radius 1 is 0.833 bits per heavy atom. The standard InChI is InChI=1S/C19H27N5/c1-4-9-22(10-5-1)16-18-14-21-19-7-11-23(12-13-24(18)19)15-17-6-2-3-8-20-17/h2-3,6,8,14H,1,4-5,7,9-13,15-16H2. The van der Waals surface area contributed by atoms with Crippen molar-refractivity contribution in [3.05, 3.63) is 47.8 Å². The van der Waals surface area contributed by atoms with E-state index < -0.39 is 0 Å². The van der Waals surface area contributed by atoms with E-state index in [1.807, 2.05) is 12.3 Å². The Kier molecular flexibility index (Phi) is 4.90. The lowest BCUT2D eigenvalue weighted by molar-refractivity contribution is 0.214. The fourth-order valence-corrected chi connectivity index (χ4v) is 3.89. The van der Waals surface area contributed by atoms with Crippen LogP contribution in [0.15, 0.2) is 30.6 Å². The second-order valence-electron chi connectivity index (χ2n) is 7.00. The Morgan fingerprint density at radius 2 is 1.71 bits per heavy atom. The van der Waals surface area contributed by atoms with Gasteiger partial charge in [-0.05, 0) is 38.1 Å². The quantitative estimate of drug-likeness (QED) is 0.864. The molecule has 1 fully saturated rings. The van der Waals surface area contributed by atoms with Crippen molar-refractivity contribution in [1.29, 1.82) is 0 Å². The Bertz CT molecular complexity index is 645. The van der Waals surface area contributed by atoms with Gasteiger partial charge in [0.2, 0.25) is 0 Å². The molecule has 0 aliphatic carbocycles. The number of pyridine rings is 1. The van der Waals surface area contributed by atoms with Crippen molar-refractivity contribution >= 4 is 0 Å². The molecule has 128 valence electrons. The molecule has 24 heavy (non-hydrogen) atoms. The Labute approximate surface area is 144 Å². The van der Waals surface area contributed by atoms with Crippen molar-refractivity contribution in [3.8, 4) is 0 Å². The largest absolute Gasteiger partial charge is 0.329 e. The van der Waals surface area contributed by atoms with Gasteiger partial charge in [0, 0.05) is 51.5 Å². The van der Waals surface area contributed by atoms with Crippen molar-refractivity contribution < 1.29 is 0 Å². The number of hydrogen-bond donors (Lipinski definition) is 0. The van der Waals surface area contributed by atoms with Gasteiger partial charge in [0.25, 0.3) is 0 Å². The molecular weight excluding hydrogens is 298 g/mol. The average molecular weight is 325 g/mol. The van der Waals surface area contributed by atoms with Crippen LogP contribution >= 0.6 is 0 Å². The summed E-state index contributed by atoms with van der Waals surface area (Å²) in [5, 5.41) is 0. The van der Waals surface area contributed by atoms with Gasteiger partial charge in [-0.25, -0.2) is 4.98 Å². The third-order valence-corrected chi connectivity index (χ3v) is 5.26. The molecule has 0 spiro atoms. The van der Waals surface area contributed by atoms with Crippen LogP contribution in [0.5, 0.6) is 0 Å². The van der Waals surface area contributed by atoms with E-state index in [2.05, 4.69) is 37.7 Å². The van der Waals surface area contributed by atoms with E-state index in [-0.39, 0.29) is 0 Å². The molecule has 5 nitrogen and oxygen atoms in total. The number of rotatable bonds is 4. The first-order valence-corrected chi connectivity index (χ1v) is 9.26. The molecule has 0 bridgehead atoms. The van der Waals surface area contributed by atoms with Crippen LogP contribution in [-0.2, 0) is 26.1 Å². The molecule has 0 unspecified atom stereocenters. The van der Waals surface area contributed by atoms with Gasteiger partial charge in [-0.3, -0.25) is 14.8 Å². The van der Waals surface area contributed by atoms with Crippen LogP contribution in [0.3, 0.4) is 0 Å². The number of piperidine rings is 1. The Morgan fingerprint density at radius 3 is 2.54 bits per heavy atom. The van der Waals surface area contributed by atoms with E-state index in [1.165, 1.54) is 43.9 Å². The van der Waals surface area contributed by atoms with Gasteiger partial charge in [0.15, 0.2) is 0 Å². The highest BCUT2D eigenvalue weighted by atomic mass is 15.2. The third kappa shape index (κ3) is 3.68. The summed E-state index contributed by atoms with van der Waals surface area (Å²) in [4.78, 5) is 14.3. The summed E-state index contributed by atoms with van der Waals surface area (Å²) in [5.74, 6) is 1.26. The summed E-state index contributed by atoms with van der Waals surface area (Å²) in [7, 11) is 0. The molecule has 0 N–H and O–H groups in total. The zero-order chi connectivity index (χ0) is 16.2. The predicted molar refractivity (Wildman–Crippen MR) is 94.6 cm³/mol. The summed E-state index contributed by atoms with van der Waals surface area (Å²) < 4.78 is 2.47. The van der Waals surface area contributed by atoms with Crippen LogP contribution < -0.4 is 0 Å². The fraction of sp³-hybridized carbons (Fsp3) is 0.579. The van der Waals surface area contributed by atoms with Gasteiger partial charge in [-0.1, -0.05) is 12.5 Å². The van der Waals surface area contributed by atoms with Crippen molar-refractivity contribution in [3.63, 3.8) is 0 Å². The molecule has 0 aromatic carbocycles. The second kappa shape index (κ2) is 7.45. The summed E-state index contributed by atoms with van der Waals surface area (Å²) in [6.45, 7) is 7.67. The van der Waals surface area contributed by atoms with Crippen LogP contribution in [0.2, 0.25) is 0 Å². The number of nitrogens with zero attached hydrogens (tertiary/aromatic N) is 5. The van der Waals surface area contributed by atoms with Crippen molar-refractivity contribution in [2.75, 3.05) is 26.2 Å². The highest BCUT2D eigenvalue weighted by Gasteiger charge is 2.19. The van der Waals surface area contributed by atoms with Gasteiger partial charge in [0.05, 0.1) is 11.4 Å². The smallest absolute Gasteiger partial charge is 0.110 e. The van der Waals surface area contributed by atoms with E-state index in [1.54, 1.807) is 0 Å². The van der Waals surface area contributed by atoms with E-state index >= 15 is 0 Å². The SMILES string of the molecule is c1ccc(CN2CCc3ncc(CN4CCCCC4)n3CC2)nc1. The van der Waals surface area contributed by atoms with Gasteiger partial charge < -0.3 is 4.57 Å². The van der Waals surface area contributed by atoms with E-state index in [0.29, 0.717) is 0 Å². The molecule has 0 amide bonds. The van der Waals surface area contributed by atoms with Crippen molar-refractivity contribution in [1.82, 2.24) is 24.3 Å². The molecule has 0 saturated carbocycles. The van der Waals surface area contributed by atoms with Crippen LogP contribution in [0.1, 0.15) is 36.5 Å². The van der Waals surface area contributed by atoms with Gasteiger partial charge in [0.1, 0.15) is 5.82 Å². The maximum Gasteiger partial charge on any atom is 0.110 e. The monoisotopic (exact) mass is 325 g/mol. The molecule has 4 heterocycles. The third-order valence-electron chi connectivity index (χ3n) is 5.26. The number of imidazole rings is 1. The average Bonchev–Trinajstić information content (AvgIpc) is 2.89. The molecular formula is C19H27N5. The zero-order valence-electron chi connectivity index (χ0n) is 14.4. The van der Waals surface area contributed by atoms with Gasteiger partial charge in [-0.15, -0.1) is 0 Å². The first-order chi connectivity index (χ1) is 11.9. The maximum absolute atomic E-state index is 4.72. The summed E-state index contributed by atoms with van der Waals surface area (Å²) in [5.41, 5.74) is 2.55. The van der Waals surface area contributed by atoms with Crippen molar-refractivity contribution in [2.24, 2.45) is 0 Å². The summed E-state index contributed by atoms with van der Waals surface area (Å²) in [6.07, 6.45) is 9.11. The second-order valence-corrected chi connectivity index (χ2v) is 7.00. The minimum absolute atomic E-state index is 0.938. The topological polar surface area (TPSA) is 37.2 Å². The van der Waals surface area contributed by atoms with Gasteiger partial charge in [-0.2, -0.15) is 0 Å². The van der Waals surface area contributed by atoms with Gasteiger partial charge >= 0.3 is 0 Å². The highest BCUT2D eigenvalue weighted by Crippen LogP contribution is 2.17. The van der Waals surface area contributed by atoms with E-state index in [4.69, 9.17) is 4.98 Å².